The Labute approximate surface area is 139 Å². The number of nitrogens with zero attached hydrogens (tertiary/aromatic N) is 1. The first-order chi connectivity index (χ1) is 11.1. The SMILES string of the molecule is CCCCc1ccc(C(=O)CCC(=O)N2CCC(N)CC2)cc1. The maximum atomic E-state index is 12.2. The summed E-state index contributed by atoms with van der Waals surface area (Å²) in [5.41, 5.74) is 7.82. The lowest BCUT2D eigenvalue weighted by Crippen LogP contribution is -2.42. The molecule has 1 aromatic carbocycles. The monoisotopic (exact) mass is 316 g/mol. The lowest BCUT2D eigenvalue weighted by Gasteiger charge is -2.30. The standard InChI is InChI=1S/C19H28N2O2/c1-2-3-4-15-5-7-16(8-6-15)18(22)9-10-19(23)21-13-11-17(20)12-14-21/h5-8,17H,2-4,9-14,20H2,1H3. The molecule has 0 aliphatic carbocycles. The highest BCUT2D eigenvalue weighted by molar-refractivity contribution is 5.98. The van der Waals surface area contributed by atoms with E-state index in [9.17, 15) is 9.59 Å². The van der Waals surface area contributed by atoms with Crippen LogP contribution in [0.25, 0.3) is 0 Å². The van der Waals surface area contributed by atoms with Crippen LogP contribution >= 0.6 is 0 Å². The Bertz CT molecular complexity index is 517. The number of ketones is 1. The van der Waals surface area contributed by atoms with Crippen molar-refractivity contribution in [2.45, 2.75) is 57.9 Å². The zero-order valence-electron chi connectivity index (χ0n) is 14.1. The molecule has 0 atom stereocenters. The van der Waals surface area contributed by atoms with Gasteiger partial charge < -0.3 is 10.6 Å². The summed E-state index contributed by atoms with van der Waals surface area (Å²) < 4.78 is 0. The molecule has 1 fully saturated rings. The van der Waals surface area contributed by atoms with Crippen LogP contribution in [0.1, 0.15) is 61.4 Å². The molecule has 1 aliphatic rings. The molecule has 0 bridgehead atoms. The second kappa shape index (κ2) is 8.82. The fourth-order valence-electron chi connectivity index (χ4n) is 2.91. The molecule has 0 unspecified atom stereocenters. The average Bonchev–Trinajstić information content (AvgIpc) is 2.58. The highest BCUT2D eigenvalue weighted by Gasteiger charge is 2.21. The summed E-state index contributed by atoms with van der Waals surface area (Å²) in [6, 6.07) is 8.04. The number of piperidine rings is 1. The third-order valence-electron chi connectivity index (χ3n) is 4.55. The predicted molar refractivity (Wildman–Crippen MR) is 92.4 cm³/mol. The van der Waals surface area contributed by atoms with Gasteiger partial charge in [-0.1, -0.05) is 37.6 Å². The van der Waals surface area contributed by atoms with Crippen molar-refractivity contribution in [3.8, 4) is 0 Å². The molecule has 0 spiro atoms. The quantitative estimate of drug-likeness (QED) is 0.787. The summed E-state index contributed by atoms with van der Waals surface area (Å²) in [6.07, 6.45) is 5.70. The Morgan fingerprint density at radius 2 is 1.78 bits per heavy atom. The third kappa shape index (κ3) is 5.47. The van der Waals surface area contributed by atoms with E-state index in [0.717, 1.165) is 32.4 Å². The fraction of sp³-hybridized carbons (Fsp3) is 0.579. The van der Waals surface area contributed by atoms with Gasteiger partial charge in [-0.2, -0.15) is 0 Å². The fourth-order valence-corrected chi connectivity index (χ4v) is 2.91. The Hall–Kier alpha value is -1.68. The van der Waals surface area contributed by atoms with Crippen LogP contribution in [0, 0.1) is 0 Å². The Morgan fingerprint density at radius 1 is 1.13 bits per heavy atom. The van der Waals surface area contributed by atoms with E-state index in [0.29, 0.717) is 12.0 Å². The van der Waals surface area contributed by atoms with E-state index in [1.165, 1.54) is 18.4 Å². The molecule has 23 heavy (non-hydrogen) atoms. The number of unbranched alkanes of at least 4 members (excludes halogenated alkanes) is 1. The number of rotatable bonds is 7. The number of hydrogen-bond acceptors (Lipinski definition) is 3. The third-order valence-corrected chi connectivity index (χ3v) is 4.55. The van der Waals surface area contributed by atoms with Gasteiger partial charge in [-0.05, 0) is 31.2 Å². The molecule has 1 aliphatic heterocycles. The van der Waals surface area contributed by atoms with Crippen molar-refractivity contribution in [1.82, 2.24) is 4.90 Å². The van der Waals surface area contributed by atoms with Crippen LogP contribution in [0.3, 0.4) is 0 Å². The second-order valence-electron chi connectivity index (χ2n) is 6.44. The maximum absolute atomic E-state index is 12.2. The Balaban J connectivity index is 1.78. The van der Waals surface area contributed by atoms with Gasteiger partial charge >= 0.3 is 0 Å². The van der Waals surface area contributed by atoms with Gasteiger partial charge in [0.25, 0.3) is 0 Å². The van der Waals surface area contributed by atoms with Gasteiger partial charge in [0.1, 0.15) is 0 Å². The molecular formula is C19H28N2O2. The van der Waals surface area contributed by atoms with Gasteiger partial charge in [-0.25, -0.2) is 0 Å². The van der Waals surface area contributed by atoms with Crippen molar-refractivity contribution >= 4 is 11.7 Å². The van der Waals surface area contributed by atoms with Crippen LogP contribution in [0.4, 0.5) is 0 Å². The normalized spacial score (nSPS) is 15.7. The lowest BCUT2D eigenvalue weighted by atomic mass is 10.0. The van der Waals surface area contributed by atoms with E-state index in [1.807, 2.05) is 29.2 Å². The van der Waals surface area contributed by atoms with Crippen molar-refractivity contribution in [3.05, 3.63) is 35.4 Å². The van der Waals surface area contributed by atoms with Crippen LogP contribution in [0.2, 0.25) is 0 Å². The number of carbonyl (C=O) groups excluding carboxylic acids is 2. The summed E-state index contributed by atoms with van der Waals surface area (Å²) in [4.78, 5) is 26.2. The van der Waals surface area contributed by atoms with Gasteiger partial charge in [-0.3, -0.25) is 9.59 Å². The first kappa shape index (κ1) is 17.7. The largest absolute Gasteiger partial charge is 0.343 e. The molecule has 4 heteroatoms. The second-order valence-corrected chi connectivity index (χ2v) is 6.44. The zero-order chi connectivity index (χ0) is 16.7. The number of nitrogens with two attached hydrogens (primary N) is 1. The molecule has 1 amide bonds. The number of aryl methyl sites for hydroxylation is 1. The Morgan fingerprint density at radius 3 is 2.39 bits per heavy atom. The summed E-state index contributed by atoms with van der Waals surface area (Å²) >= 11 is 0. The first-order valence-corrected chi connectivity index (χ1v) is 8.75. The Kier molecular flexibility index (Phi) is 6.78. The molecule has 4 nitrogen and oxygen atoms in total. The molecule has 2 N–H and O–H groups in total. The molecule has 1 aromatic rings. The van der Waals surface area contributed by atoms with Crippen molar-refractivity contribution in [2.75, 3.05) is 13.1 Å². The number of benzene rings is 1. The smallest absolute Gasteiger partial charge is 0.223 e. The molecule has 2 rings (SSSR count). The maximum Gasteiger partial charge on any atom is 0.223 e. The van der Waals surface area contributed by atoms with Crippen LogP contribution in [-0.2, 0) is 11.2 Å². The van der Waals surface area contributed by atoms with Crippen molar-refractivity contribution in [2.24, 2.45) is 5.73 Å². The predicted octanol–water partition coefficient (Wildman–Crippen LogP) is 2.94. The average molecular weight is 316 g/mol. The van der Waals surface area contributed by atoms with Gasteiger partial charge in [0.15, 0.2) is 5.78 Å². The van der Waals surface area contributed by atoms with E-state index >= 15 is 0 Å². The summed E-state index contributed by atoms with van der Waals surface area (Å²) in [5.74, 6) is 0.124. The van der Waals surface area contributed by atoms with Crippen molar-refractivity contribution < 1.29 is 9.59 Å². The van der Waals surface area contributed by atoms with Crippen LogP contribution in [0.5, 0.6) is 0 Å². The topological polar surface area (TPSA) is 63.4 Å². The highest BCUT2D eigenvalue weighted by Crippen LogP contribution is 2.13. The number of carbonyl (C=O) groups is 2. The van der Waals surface area contributed by atoms with Crippen molar-refractivity contribution in [1.29, 1.82) is 0 Å². The molecule has 0 radical (unpaired) electrons. The van der Waals surface area contributed by atoms with Gasteiger partial charge in [0.2, 0.25) is 5.91 Å². The summed E-state index contributed by atoms with van der Waals surface area (Å²) in [7, 11) is 0. The minimum atomic E-state index is 0.0501. The number of hydrogen-bond donors (Lipinski definition) is 1. The summed E-state index contributed by atoms with van der Waals surface area (Å²) in [6.45, 7) is 3.62. The molecule has 126 valence electrons. The van der Waals surface area contributed by atoms with E-state index < -0.39 is 0 Å². The van der Waals surface area contributed by atoms with Gasteiger partial charge in [0, 0.05) is 37.5 Å². The lowest BCUT2D eigenvalue weighted by molar-refractivity contribution is -0.132. The number of amides is 1. The van der Waals surface area contributed by atoms with E-state index in [2.05, 4.69) is 6.92 Å². The molecule has 1 heterocycles. The number of Topliss-reactive ketones (excluding diaryl/α,β-unsaturated/α-hetero) is 1. The van der Waals surface area contributed by atoms with E-state index in [1.54, 1.807) is 0 Å². The highest BCUT2D eigenvalue weighted by atomic mass is 16.2. The van der Waals surface area contributed by atoms with Crippen LogP contribution in [0.15, 0.2) is 24.3 Å². The first-order valence-electron chi connectivity index (χ1n) is 8.75. The van der Waals surface area contributed by atoms with Crippen LogP contribution < -0.4 is 5.73 Å². The zero-order valence-corrected chi connectivity index (χ0v) is 14.1. The molecule has 0 aromatic heterocycles. The van der Waals surface area contributed by atoms with E-state index in [4.69, 9.17) is 5.73 Å². The molecule has 0 saturated carbocycles. The van der Waals surface area contributed by atoms with Crippen molar-refractivity contribution in [3.63, 3.8) is 0 Å². The molecular weight excluding hydrogens is 288 g/mol. The summed E-state index contributed by atoms with van der Waals surface area (Å²) in [5, 5.41) is 0. The van der Waals surface area contributed by atoms with Crippen LogP contribution in [-0.4, -0.2) is 35.7 Å². The van der Waals surface area contributed by atoms with Gasteiger partial charge in [0.05, 0.1) is 0 Å². The van der Waals surface area contributed by atoms with E-state index in [-0.39, 0.29) is 24.2 Å². The minimum Gasteiger partial charge on any atom is -0.343 e. The number of likely N-dealkylation sites (tertiary alicyclic amines) is 1. The van der Waals surface area contributed by atoms with Gasteiger partial charge in [-0.15, -0.1) is 0 Å². The molecule has 1 saturated heterocycles. The minimum absolute atomic E-state index is 0.0501.